The van der Waals surface area contributed by atoms with Crippen molar-refractivity contribution in [3.05, 3.63) is 0 Å². The molecule has 0 saturated carbocycles. The van der Waals surface area contributed by atoms with E-state index < -0.39 is 11.9 Å². The number of aliphatic carboxylic acids is 1. The lowest BCUT2D eigenvalue weighted by atomic mass is 9.99. The molecule has 6 nitrogen and oxygen atoms in total. The fourth-order valence-corrected chi connectivity index (χ4v) is 2.48. The zero-order valence-electron chi connectivity index (χ0n) is 10.4. The molecule has 2 N–H and O–H groups in total. The predicted molar refractivity (Wildman–Crippen MR) is 64.3 cm³/mol. The first-order valence-electron chi connectivity index (χ1n) is 6.54. The van der Waals surface area contributed by atoms with Crippen LogP contribution in [-0.2, 0) is 9.53 Å². The van der Waals surface area contributed by atoms with Gasteiger partial charge >= 0.3 is 12.0 Å². The molecular weight excluding hydrogens is 236 g/mol. The summed E-state index contributed by atoms with van der Waals surface area (Å²) < 4.78 is 5.42. The molecule has 0 aromatic rings. The summed E-state index contributed by atoms with van der Waals surface area (Å²) in [5, 5.41) is 11.8. The second-order valence-electron chi connectivity index (χ2n) is 4.94. The third-order valence-electron chi connectivity index (χ3n) is 3.56. The smallest absolute Gasteiger partial charge is 0.317 e. The van der Waals surface area contributed by atoms with Crippen LogP contribution in [-0.4, -0.2) is 54.4 Å². The van der Waals surface area contributed by atoms with E-state index in [2.05, 4.69) is 5.32 Å². The maximum absolute atomic E-state index is 11.9. The maximum Gasteiger partial charge on any atom is 0.317 e. The van der Waals surface area contributed by atoms with Gasteiger partial charge in [-0.15, -0.1) is 0 Å². The van der Waals surface area contributed by atoms with Crippen LogP contribution in [0, 0.1) is 5.92 Å². The van der Waals surface area contributed by atoms with Crippen molar-refractivity contribution in [1.82, 2.24) is 10.2 Å². The molecule has 2 rings (SSSR count). The SMILES string of the molecule is O=C(O)[C@H]1CCCN(C(=O)NCC2CCCO2)C1. The number of nitrogens with one attached hydrogen (secondary N) is 1. The highest BCUT2D eigenvalue weighted by molar-refractivity contribution is 5.76. The summed E-state index contributed by atoms with van der Waals surface area (Å²) in [6.45, 7) is 2.24. The average Bonchev–Trinajstić information content (AvgIpc) is 2.89. The number of ether oxygens (including phenoxy) is 1. The van der Waals surface area contributed by atoms with Crippen LogP contribution < -0.4 is 5.32 Å². The van der Waals surface area contributed by atoms with Gasteiger partial charge < -0.3 is 20.1 Å². The van der Waals surface area contributed by atoms with Gasteiger partial charge in [-0.05, 0) is 25.7 Å². The van der Waals surface area contributed by atoms with Crippen LogP contribution in [0.1, 0.15) is 25.7 Å². The molecule has 2 aliphatic rings. The standard InChI is InChI=1S/C12H20N2O4/c15-11(16)9-3-1-5-14(8-9)12(17)13-7-10-4-2-6-18-10/h9-10H,1-8H2,(H,13,17)(H,15,16)/t9-,10?/m0/s1. The molecule has 0 bridgehead atoms. The molecule has 0 radical (unpaired) electrons. The van der Waals surface area contributed by atoms with E-state index in [0.717, 1.165) is 25.9 Å². The first kappa shape index (κ1) is 13.1. The molecule has 0 aromatic carbocycles. The van der Waals surface area contributed by atoms with Crippen LogP contribution >= 0.6 is 0 Å². The zero-order chi connectivity index (χ0) is 13.0. The topological polar surface area (TPSA) is 78.9 Å². The van der Waals surface area contributed by atoms with Crippen molar-refractivity contribution in [1.29, 1.82) is 0 Å². The van der Waals surface area contributed by atoms with Gasteiger partial charge in [-0.2, -0.15) is 0 Å². The van der Waals surface area contributed by atoms with Gasteiger partial charge in [-0.25, -0.2) is 4.79 Å². The Morgan fingerprint density at radius 1 is 1.33 bits per heavy atom. The number of carboxylic acid groups (broad SMARTS) is 1. The minimum absolute atomic E-state index is 0.119. The van der Waals surface area contributed by atoms with Gasteiger partial charge in [-0.1, -0.05) is 0 Å². The number of piperidine rings is 1. The maximum atomic E-state index is 11.9. The van der Waals surface area contributed by atoms with Crippen LogP contribution in [0.2, 0.25) is 0 Å². The van der Waals surface area contributed by atoms with Gasteiger partial charge in [0, 0.05) is 26.2 Å². The number of amides is 2. The van der Waals surface area contributed by atoms with Gasteiger partial charge in [0.25, 0.3) is 0 Å². The third kappa shape index (κ3) is 3.35. The Hall–Kier alpha value is -1.30. The summed E-state index contributed by atoms with van der Waals surface area (Å²) in [5.74, 6) is -1.24. The van der Waals surface area contributed by atoms with Gasteiger partial charge in [0.05, 0.1) is 12.0 Å². The Morgan fingerprint density at radius 3 is 2.83 bits per heavy atom. The molecule has 2 saturated heterocycles. The Bertz CT molecular complexity index is 315. The van der Waals surface area contributed by atoms with E-state index in [1.165, 1.54) is 0 Å². The van der Waals surface area contributed by atoms with Crippen molar-refractivity contribution >= 4 is 12.0 Å². The van der Waals surface area contributed by atoms with E-state index in [4.69, 9.17) is 9.84 Å². The van der Waals surface area contributed by atoms with E-state index in [9.17, 15) is 9.59 Å². The molecule has 18 heavy (non-hydrogen) atoms. The molecule has 0 aromatic heterocycles. The number of carbonyl (C=O) groups excluding carboxylic acids is 1. The van der Waals surface area contributed by atoms with Crippen molar-refractivity contribution in [2.75, 3.05) is 26.2 Å². The Labute approximate surface area is 106 Å². The monoisotopic (exact) mass is 256 g/mol. The van der Waals surface area contributed by atoms with E-state index in [0.29, 0.717) is 26.1 Å². The Morgan fingerprint density at radius 2 is 2.17 bits per heavy atom. The molecule has 0 aliphatic carbocycles. The van der Waals surface area contributed by atoms with Crippen LogP contribution in [0.15, 0.2) is 0 Å². The van der Waals surface area contributed by atoms with Crippen LogP contribution in [0.3, 0.4) is 0 Å². The summed E-state index contributed by atoms with van der Waals surface area (Å²) in [5.41, 5.74) is 0. The van der Waals surface area contributed by atoms with Crippen molar-refractivity contribution in [2.45, 2.75) is 31.8 Å². The second-order valence-corrected chi connectivity index (χ2v) is 4.94. The third-order valence-corrected chi connectivity index (χ3v) is 3.56. The summed E-state index contributed by atoms with van der Waals surface area (Å²) in [7, 11) is 0. The lowest BCUT2D eigenvalue weighted by molar-refractivity contribution is -0.143. The molecule has 2 heterocycles. The second kappa shape index (κ2) is 6.04. The van der Waals surface area contributed by atoms with E-state index in [-0.39, 0.29) is 12.1 Å². The number of hydrogen-bond acceptors (Lipinski definition) is 3. The van der Waals surface area contributed by atoms with Crippen molar-refractivity contribution in [3.8, 4) is 0 Å². The summed E-state index contributed by atoms with van der Waals surface area (Å²) in [4.78, 5) is 24.4. The van der Waals surface area contributed by atoms with Gasteiger partial charge in [0.2, 0.25) is 0 Å². The summed E-state index contributed by atoms with van der Waals surface area (Å²) >= 11 is 0. The Kier molecular flexibility index (Phi) is 4.41. The lowest BCUT2D eigenvalue weighted by Gasteiger charge is -2.31. The van der Waals surface area contributed by atoms with Gasteiger partial charge in [-0.3, -0.25) is 4.79 Å². The predicted octanol–water partition coefficient (Wildman–Crippen LogP) is 0.672. The van der Waals surface area contributed by atoms with Crippen LogP contribution in [0.4, 0.5) is 4.79 Å². The van der Waals surface area contributed by atoms with Gasteiger partial charge in [0.15, 0.2) is 0 Å². The van der Waals surface area contributed by atoms with Crippen molar-refractivity contribution in [2.24, 2.45) is 5.92 Å². The average molecular weight is 256 g/mol. The number of rotatable bonds is 3. The number of likely N-dealkylation sites (tertiary alicyclic amines) is 1. The molecular formula is C12H20N2O4. The summed E-state index contributed by atoms with van der Waals surface area (Å²) in [6.07, 6.45) is 3.56. The number of urea groups is 1. The van der Waals surface area contributed by atoms with E-state index in [1.54, 1.807) is 4.90 Å². The first-order valence-corrected chi connectivity index (χ1v) is 6.54. The quantitative estimate of drug-likeness (QED) is 0.778. The highest BCUT2D eigenvalue weighted by Gasteiger charge is 2.28. The fraction of sp³-hybridized carbons (Fsp3) is 0.833. The first-order chi connectivity index (χ1) is 8.66. The molecule has 0 spiro atoms. The minimum atomic E-state index is -0.813. The number of nitrogens with zero attached hydrogens (tertiary/aromatic N) is 1. The molecule has 2 atom stereocenters. The zero-order valence-corrected chi connectivity index (χ0v) is 10.4. The minimum Gasteiger partial charge on any atom is -0.481 e. The largest absolute Gasteiger partial charge is 0.481 e. The number of hydrogen-bond donors (Lipinski definition) is 2. The van der Waals surface area contributed by atoms with Gasteiger partial charge in [0.1, 0.15) is 0 Å². The highest BCUT2D eigenvalue weighted by Crippen LogP contribution is 2.17. The molecule has 1 unspecified atom stereocenters. The molecule has 2 amide bonds. The highest BCUT2D eigenvalue weighted by atomic mass is 16.5. The fourth-order valence-electron chi connectivity index (χ4n) is 2.48. The van der Waals surface area contributed by atoms with Crippen molar-refractivity contribution in [3.63, 3.8) is 0 Å². The van der Waals surface area contributed by atoms with E-state index >= 15 is 0 Å². The normalized spacial score (nSPS) is 28.1. The molecule has 2 aliphatic heterocycles. The molecule has 6 heteroatoms. The number of carbonyl (C=O) groups is 2. The number of carboxylic acids is 1. The Balaban J connectivity index is 1.75. The van der Waals surface area contributed by atoms with Crippen LogP contribution in [0.5, 0.6) is 0 Å². The van der Waals surface area contributed by atoms with Crippen molar-refractivity contribution < 1.29 is 19.4 Å². The molecule has 102 valence electrons. The van der Waals surface area contributed by atoms with E-state index in [1.807, 2.05) is 0 Å². The lowest BCUT2D eigenvalue weighted by Crippen LogP contribution is -2.48. The summed E-state index contributed by atoms with van der Waals surface area (Å²) in [6, 6.07) is -0.170. The molecule has 2 fully saturated rings. The van der Waals surface area contributed by atoms with Crippen LogP contribution in [0.25, 0.3) is 0 Å².